The molecule has 5 nitrogen and oxygen atoms in total. The highest BCUT2D eigenvalue weighted by Gasteiger charge is 2.36. The number of benzene rings is 2. The van der Waals surface area contributed by atoms with Gasteiger partial charge in [0.15, 0.2) is 23.0 Å². The molecule has 0 aliphatic carbocycles. The molecule has 0 saturated heterocycles. The van der Waals surface area contributed by atoms with Crippen LogP contribution in [0.5, 0.6) is 23.0 Å². The number of nitriles is 1. The zero-order valence-electron chi connectivity index (χ0n) is 20.4. The molecule has 5 heteroatoms. The van der Waals surface area contributed by atoms with Crippen molar-refractivity contribution >= 4 is 0 Å². The molecule has 2 aromatic carbocycles. The summed E-state index contributed by atoms with van der Waals surface area (Å²) in [7, 11) is 6.57. The molecule has 2 aromatic rings. The molecule has 1 atom stereocenters. The number of hydrogen-bond donors (Lipinski definition) is 0. The third-order valence-corrected chi connectivity index (χ3v) is 6.32. The summed E-state index contributed by atoms with van der Waals surface area (Å²) >= 11 is 0. The van der Waals surface area contributed by atoms with Crippen LogP contribution >= 0.6 is 0 Å². The van der Waals surface area contributed by atoms with Crippen molar-refractivity contribution in [1.29, 1.82) is 5.26 Å². The van der Waals surface area contributed by atoms with Gasteiger partial charge in [0.05, 0.1) is 39.9 Å². The molecule has 0 radical (unpaired) electrons. The number of ether oxygens (including phenoxy) is 4. The Morgan fingerprint density at radius 1 is 0.750 bits per heavy atom. The third kappa shape index (κ3) is 5.88. The zero-order valence-corrected chi connectivity index (χ0v) is 20.4. The molecule has 0 saturated carbocycles. The zero-order chi connectivity index (χ0) is 23.6. The van der Waals surface area contributed by atoms with Gasteiger partial charge in [-0.2, -0.15) is 5.26 Å². The lowest BCUT2D eigenvalue weighted by Gasteiger charge is -2.32. The summed E-state index contributed by atoms with van der Waals surface area (Å²) in [6, 6.07) is 14.6. The van der Waals surface area contributed by atoms with Crippen LogP contribution in [0.25, 0.3) is 0 Å². The van der Waals surface area contributed by atoms with Crippen molar-refractivity contribution in [2.75, 3.05) is 28.4 Å². The maximum absolute atomic E-state index is 10.2. The highest BCUT2D eigenvalue weighted by molar-refractivity contribution is 5.47. The maximum atomic E-state index is 10.2. The largest absolute Gasteiger partial charge is 0.493 e. The molecule has 0 fully saturated rings. The molecule has 2 rings (SSSR count). The minimum atomic E-state index is -0.539. The Balaban J connectivity index is 1.96. The van der Waals surface area contributed by atoms with E-state index in [2.05, 4.69) is 32.0 Å². The molecule has 32 heavy (non-hydrogen) atoms. The van der Waals surface area contributed by atoms with E-state index in [1.807, 2.05) is 24.3 Å². The summed E-state index contributed by atoms with van der Waals surface area (Å²) < 4.78 is 21.5. The van der Waals surface area contributed by atoms with E-state index >= 15 is 0 Å². The summed E-state index contributed by atoms with van der Waals surface area (Å²) in [5, 5.41) is 10.2. The van der Waals surface area contributed by atoms with Crippen LogP contribution < -0.4 is 18.9 Å². The molecular formula is C27H37NO4. The Hall–Kier alpha value is -2.87. The first-order valence-corrected chi connectivity index (χ1v) is 11.3. The average molecular weight is 440 g/mol. The smallest absolute Gasteiger partial charge is 0.161 e. The van der Waals surface area contributed by atoms with Crippen LogP contribution in [0.4, 0.5) is 0 Å². The van der Waals surface area contributed by atoms with Crippen LogP contribution in [-0.2, 0) is 11.8 Å². The van der Waals surface area contributed by atoms with E-state index in [0.717, 1.165) is 55.6 Å². The fraction of sp³-hybridized carbons (Fsp3) is 0.519. The predicted molar refractivity (Wildman–Crippen MR) is 128 cm³/mol. The van der Waals surface area contributed by atoms with Crippen LogP contribution in [0.3, 0.4) is 0 Å². The van der Waals surface area contributed by atoms with Gasteiger partial charge < -0.3 is 18.9 Å². The fourth-order valence-electron chi connectivity index (χ4n) is 4.25. The molecule has 0 aliphatic rings. The number of rotatable bonds is 13. The highest BCUT2D eigenvalue weighted by atomic mass is 16.5. The Morgan fingerprint density at radius 3 is 1.88 bits per heavy atom. The lowest BCUT2D eigenvalue weighted by atomic mass is 9.69. The van der Waals surface area contributed by atoms with Crippen molar-refractivity contribution in [2.45, 2.75) is 57.8 Å². The number of hydrogen-bond acceptors (Lipinski definition) is 5. The molecule has 1 unspecified atom stereocenters. The first-order valence-electron chi connectivity index (χ1n) is 11.3. The van der Waals surface area contributed by atoms with Crippen LogP contribution in [-0.4, -0.2) is 28.4 Å². The van der Waals surface area contributed by atoms with E-state index in [1.165, 1.54) is 5.56 Å². The minimum absolute atomic E-state index is 0.192. The molecule has 0 aromatic heterocycles. The monoisotopic (exact) mass is 439 g/mol. The van der Waals surface area contributed by atoms with Crippen molar-refractivity contribution in [3.8, 4) is 29.1 Å². The van der Waals surface area contributed by atoms with Crippen molar-refractivity contribution in [3.63, 3.8) is 0 Å². The molecular weight excluding hydrogens is 402 g/mol. The number of aryl methyl sites for hydroxylation is 1. The fourth-order valence-corrected chi connectivity index (χ4v) is 4.25. The molecule has 174 valence electrons. The first-order chi connectivity index (χ1) is 15.4. The number of methoxy groups -OCH3 is 4. The second-order valence-electron chi connectivity index (χ2n) is 8.41. The van der Waals surface area contributed by atoms with E-state index in [9.17, 15) is 5.26 Å². The van der Waals surface area contributed by atoms with Gasteiger partial charge in [-0.3, -0.25) is 0 Å². The number of nitrogens with zero attached hydrogens (tertiary/aromatic N) is 1. The normalized spacial score (nSPS) is 12.7. The van der Waals surface area contributed by atoms with E-state index in [0.29, 0.717) is 11.5 Å². The summed E-state index contributed by atoms with van der Waals surface area (Å²) in [5.74, 6) is 3.07. The second kappa shape index (κ2) is 12.2. The molecule has 0 heterocycles. The van der Waals surface area contributed by atoms with Gasteiger partial charge in [-0.05, 0) is 60.6 Å². The summed E-state index contributed by atoms with van der Waals surface area (Å²) in [6.07, 6.45) is 6.16. The molecule has 0 bridgehead atoms. The Bertz CT molecular complexity index is 903. The topological polar surface area (TPSA) is 60.7 Å². The highest BCUT2D eigenvalue weighted by Crippen LogP contribution is 2.41. The van der Waals surface area contributed by atoms with Crippen molar-refractivity contribution < 1.29 is 18.9 Å². The Labute approximate surface area is 193 Å². The van der Waals surface area contributed by atoms with Gasteiger partial charge in [-0.25, -0.2) is 0 Å². The summed E-state index contributed by atoms with van der Waals surface area (Å²) in [4.78, 5) is 0. The van der Waals surface area contributed by atoms with Crippen molar-refractivity contribution in [2.24, 2.45) is 5.92 Å². The first kappa shape index (κ1) is 25.4. The molecule has 0 N–H and O–H groups in total. The van der Waals surface area contributed by atoms with E-state index in [1.54, 1.807) is 28.4 Å². The van der Waals surface area contributed by atoms with Crippen LogP contribution in [0, 0.1) is 17.2 Å². The standard InChI is InChI=1S/C27H37NO4/c1-20(2)27(19-28,22-13-15-24(30-4)26(18-22)32-6)16-10-8-7-9-11-21-12-14-23(29-3)25(17-21)31-5/h12-15,17-18,20H,7-11,16H2,1-6H3. The van der Waals surface area contributed by atoms with E-state index < -0.39 is 5.41 Å². The van der Waals surface area contributed by atoms with Crippen LogP contribution in [0.1, 0.15) is 57.1 Å². The lowest BCUT2D eigenvalue weighted by molar-refractivity contribution is 0.339. The van der Waals surface area contributed by atoms with E-state index in [4.69, 9.17) is 18.9 Å². The van der Waals surface area contributed by atoms with Gasteiger partial charge in [-0.1, -0.05) is 45.2 Å². The third-order valence-electron chi connectivity index (χ3n) is 6.32. The SMILES string of the molecule is COc1ccc(CCCCCCC(C#N)(c2ccc(OC)c(OC)c2)C(C)C)cc1OC. The van der Waals surface area contributed by atoms with Crippen molar-refractivity contribution in [1.82, 2.24) is 0 Å². The Kier molecular flexibility index (Phi) is 9.71. The van der Waals surface area contributed by atoms with E-state index in [-0.39, 0.29) is 5.92 Å². The minimum Gasteiger partial charge on any atom is -0.493 e. The van der Waals surface area contributed by atoms with Gasteiger partial charge in [-0.15, -0.1) is 0 Å². The van der Waals surface area contributed by atoms with Gasteiger partial charge in [0.1, 0.15) is 0 Å². The predicted octanol–water partition coefficient (Wildman–Crippen LogP) is 6.33. The maximum Gasteiger partial charge on any atom is 0.161 e. The molecule has 0 spiro atoms. The van der Waals surface area contributed by atoms with Gasteiger partial charge in [0.2, 0.25) is 0 Å². The van der Waals surface area contributed by atoms with Gasteiger partial charge in [0.25, 0.3) is 0 Å². The van der Waals surface area contributed by atoms with Crippen LogP contribution in [0.15, 0.2) is 36.4 Å². The second-order valence-corrected chi connectivity index (χ2v) is 8.41. The summed E-state index contributed by atoms with van der Waals surface area (Å²) in [6.45, 7) is 4.24. The Morgan fingerprint density at radius 2 is 1.31 bits per heavy atom. The quantitative estimate of drug-likeness (QED) is 0.341. The average Bonchev–Trinajstić information content (AvgIpc) is 2.82. The molecule has 0 aliphatic heterocycles. The molecule has 0 amide bonds. The summed E-state index contributed by atoms with van der Waals surface area (Å²) in [5.41, 5.74) is 1.71. The van der Waals surface area contributed by atoms with Gasteiger partial charge in [0, 0.05) is 0 Å². The van der Waals surface area contributed by atoms with Crippen molar-refractivity contribution in [3.05, 3.63) is 47.5 Å². The van der Waals surface area contributed by atoms with Gasteiger partial charge >= 0.3 is 0 Å². The van der Waals surface area contributed by atoms with Crippen LogP contribution in [0.2, 0.25) is 0 Å². The number of unbranched alkanes of at least 4 members (excludes halogenated alkanes) is 3. The lowest BCUT2D eigenvalue weighted by Crippen LogP contribution is -2.30.